The number of rotatable bonds is 4. The second kappa shape index (κ2) is 7.04. The third kappa shape index (κ3) is 3.16. The molecular formula is C22H26FN3O3. The van der Waals surface area contributed by atoms with E-state index in [9.17, 15) is 4.79 Å². The number of carbonyl (C=O) groups is 1. The van der Waals surface area contributed by atoms with Gasteiger partial charge < -0.3 is 9.47 Å². The van der Waals surface area contributed by atoms with Crippen LogP contribution in [0, 0.1) is 5.82 Å². The summed E-state index contributed by atoms with van der Waals surface area (Å²) in [5.74, 6) is 0.273. The monoisotopic (exact) mass is 399 g/mol. The summed E-state index contributed by atoms with van der Waals surface area (Å²) in [6.07, 6.45) is 10.2. The Morgan fingerprint density at radius 1 is 1.24 bits per heavy atom. The fourth-order valence-electron chi connectivity index (χ4n) is 4.26. The zero-order valence-corrected chi connectivity index (χ0v) is 16.9. The van der Waals surface area contributed by atoms with Gasteiger partial charge in [-0.05, 0) is 57.9 Å². The molecule has 1 atom stereocenters. The second-order valence-corrected chi connectivity index (χ2v) is 8.40. The largest absolute Gasteiger partial charge is 0.489 e. The summed E-state index contributed by atoms with van der Waals surface area (Å²) in [5.41, 5.74) is 2.63. The van der Waals surface area contributed by atoms with E-state index >= 15 is 4.39 Å². The fourth-order valence-corrected chi connectivity index (χ4v) is 4.26. The number of amides is 1. The molecule has 0 radical (unpaired) electrons. The topological polar surface area (TPSA) is 56.6 Å². The standard InChI is InChI=1S/C22H26FN3O3/c1-13-6-9-17-20(26(13)22(27)28-2)19(23)10-18(21(17)29-16-4-3-5-16)14-11-24-25(12-14)15-7-8-15/h10-13,15-16H,3-9H2,1-2H3/t13-/m0/s1. The van der Waals surface area contributed by atoms with E-state index < -0.39 is 11.9 Å². The van der Waals surface area contributed by atoms with Crippen molar-refractivity contribution in [1.82, 2.24) is 9.78 Å². The summed E-state index contributed by atoms with van der Waals surface area (Å²) in [6, 6.07) is 1.82. The Kier molecular flexibility index (Phi) is 4.48. The van der Waals surface area contributed by atoms with Crippen molar-refractivity contribution in [1.29, 1.82) is 0 Å². The number of nitrogens with zero attached hydrogens (tertiary/aromatic N) is 3. The van der Waals surface area contributed by atoms with Gasteiger partial charge in [-0.15, -0.1) is 0 Å². The first-order valence-electron chi connectivity index (χ1n) is 10.5. The zero-order chi connectivity index (χ0) is 20.1. The summed E-state index contributed by atoms with van der Waals surface area (Å²) >= 11 is 0. The van der Waals surface area contributed by atoms with Gasteiger partial charge in [-0.3, -0.25) is 9.58 Å². The van der Waals surface area contributed by atoms with Crippen LogP contribution in [-0.2, 0) is 11.2 Å². The number of benzene rings is 1. The van der Waals surface area contributed by atoms with Crippen LogP contribution in [0.1, 0.15) is 57.1 Å². The normalized spacial score (nSPS) is 21.5. The van der Waals surface area contributed by atoms with Crippen molar-refractivity contribution in [3.63, 3.8) is 0 Å². The van der Waals surface area contributed by atoms with E-state index in [4.69, 9.17) is 9.47 Å². The summed E-state index contributed by atoms with van der Waals surface area (Å²) in [6.45, 7) is 1.92. The number of ether oxygens (including phenoxy) is 2. The van der Waals surface area contributed by atoms with Gasteiger partial charge in [0.25, 0.3) is 0 Å². The van der Waals surface area contributed by atoms with Crippen molar-refractivity contribution < 1.29 is 18.7 Å². The van der Waals surface area contributed by atoms with Crippen molar-refractivity contribution in [2.45, 2.75) is 70.1 Å². The molecule has 0 spiro atoms. The molecule has 5 rings (SSSR count). The van der Waals surface area contributed by atoms with Crippen molar-refractivity contribution in [3.05, 3.63) is 29.8 Å². The summed E-state index contributed by atoms with van der Waals surface area (Å²) in [4.78, 5) is 13.8. The zero-order valence-electron chi connectivity index (χ0n) is 16.9. The van der Waals surface area contributed by atoms with Gasteiger partial charge in [0.1, 0.15) is 11.6 Å². The SMILES string of the molecule is COC(=O)N1c2c(F)cc(-c3cnn(C4CC4)c3)c(OC3CCC3)c2CC[C@@H]1C. The molecule has 1 aromatic heterocycles. The van der Waals surface area contributed by atoms with Crippen molar-refractivity contribution >= 4 is 11.8 Å². The molecule has 154 valence electrons. The smallest absolute Gasteiger partial charge is 0.414 e. The molecule has 1 amide bonds. The molecule has 3 aliphatic rings. The van der Waals surface area contributed by atoms with Crippen LogP contribution in [0.5, 0.6) is 5.75 Å². The molecule has 2 fully saturated rings. The van der Waals surface area contributed by atoms with Gasteiger partial charge in [-0.1, -0.05) is 0 Å². The van der Waals surface area contributed by atoms with E-state index in [1.54, 1.807) is 6.20 Å². The number of methoxy groups -OCH3 is 1. The Hall–Kier alpha value is -2.57. The molecule has 6 nitrogen and oxygen atoms in total. The number of aromatic nitrogens is 2. The van der Waals surface area contributed by atoms with Crippen LogP contribution in [0.25, 0.3) is 11.1 Å². The lowest BCUT2D eigenvalue weighted by Crippen LogP contribution is -2.43. The molecule has 1 aromatic carbocycles. The average Bonchev–Trinajstić information content (AvgIpc) is 3.42. The van der Waals surface area contributed by atoms with Gasteiger partial charge in [0, 0.05) is 28.9 Å². The third-order valence-corrected chi connectivity index (χ3v) is 6.34. The minimum atomic E-state index is -0.541. The molecule has 7 heteroatoms. The average molecular weight is 399 g/mol. The Bertz CT molecular complexity index is 949. The first-order valence-corrected chi connectivity index (χ1v) is 10.5. The molecular weight excluding hydrogens is 373 g/mol. The Balaban J connectivity index is 1.64. The number of anilines is 1. The second-order valence-electron chi connectivity index (χ2n) is 8.40. The maximum absolute atomic E-state index is 15.4. The van der Waals surface area contributed by atoms with Crippen molar-refractivity contribution in [2.24, 2.45) is 0 Å². The molecule has 29 heavy (non-hydrogen) atoms. The van der Waals surface area contributed by atoms with Crippen LogP contribution in [0.3, 0.4) is 0 Å². The van der Waals surface area contributed by atoms with Crippen molar-refractivity contribution in [2.75, 3.05) is 12.0 Å². The van der Waals surface area contributed by atoms with Crippen molar-refractivity contribution in [3.8, 4) is 16.9 Å². The molecule has 2 aromatic rings. The predicted molar refractivity (Wildman–Crippen MR) is 107 cm³/mol. The number of hydrogen-bond donors (Lipinski definition) is 0. The fraction of sp³-hybridized carbons (Fsp3) is 0.545. The molecule has 2 saturated carbocycles. The van der Waals surface area contributed by atoms with Gasteiger partial charge in [-0.2, -0.15) is 5.10 Å². The summed E-state index contributed by atoms with van der Waals surface area (Å²) in [5, 5.41) is 4.47. The van der Waals surface area contributed by atoms with E-state index in [0.717, 1.165) is 55.2 Å². The number of carbonyl (C=O) groups excluding carboxylic acids is 1. The Labute approximate surface area is 169 Å². The molecule has 2 heterocycles. The molecule has 0 unspecified atom stereocenters. The highest BCUT2D eigenvalue weighted by Crippen LogP contribution is 2.46. The van der Waals surface area contributed by atoms with Crippen LogP contribution in [0.4, 0.5) is 14.9 Å². The summed E-state index contributed by atoms with van der Waals surface area (Å²) in [7, 11) is 1.33. The van der Waals surface area contributed by atoms with Crippen LogP contribution in [0.2, 0.25) is 0 Å². The minimum Gasteiger partial charge on any atom is -0.489 e. The van der Waals surface area contributed by atoms with Crippen LogP contribution in [-0.4, -0.2) is 35.1 Å². The molecule has 1 aliphatic heterocycles. The van der Waals surface area contributed by atoms with E-state index in [1.807, 2.05) is 17.8 Å². The van der Waals surface area contributed by atoms with Gasteiger partial charge in [0.2, 0.25) is 0 Å². The molecule has 0 saturated heterocycles. The highest BCUT2D eigenvalue weighted by Gasteiger charge is 2.36. The molecule has 0 N–H and O–H groups in total. The lowest BCUT2D eigenvalue weighted by atomic mass is 9.91. The first-order chi connectivity index (χ1) is 14.1. The Morgan fingerprint density at radius 3 is 2.69 bits per heavy atom. The lowest BCUT2D eigenvalue weighted by molar-refractivity contribution is 0.119. The van der Waals surface area contributed by atoms with Gasteiger partial charge in [0.15, 0.2) is 0 Å². The maximum Gasteiger partial charge on any atom is 0.414 e. The van der Waals surface area contributed by atoms with E-state index in [1.165, 1.54) is 18.1 Å². The van der Waals surface area contributed by atoms with E-state index in [0.29, 0.717) is 23.9 Å². The van der Waals surface area contributed by atoms with Crippen LogP contribution < -0.4 is 9.64 Å². The lowest BCUT2D eigenvalue weighted by Gasteiger charge is -2.37. The van der Waals surface area contributed by atoms with Gasteiger partial charge in [-0.25, -0.2) is 9.18 Å². The highest BCUT2D eigenvalue weighted by atomic mass is 19.1. The summed E-state index contributed by atoms with van der Waals surface area (Å²) < 4.78 is 28.7. The third-order valence-electron chi connectivity index (χ3n) is 6.34. The molecule has 2 aliphatic carbocycles. The maximum atomic E-state index is 15.4. The first kappa shape index (κ1) is 18.5. The Morgan fingerprint density at radius 2 is 2.03 bits per heavy atom. The van der Waals surface area contributed by atoms with Crippen LogP contribution in [0.15, 0.2) is 18.5 Å². The quantitative estimate of drug-likeness (QED) is 0.737. The minimum absolute atomic E-state index is 0.135. The predicted octanol–water partition coefficient (Wildman–Crippen LogP) is 4.86. The van der Waals surface area contributed by atoms with E-state index in [2.05, 4.69) is 5.10 Å². The van der Waals surface area contributed by atoms with Crippen LogP contribution >= 0.6 is 0 Å². The number of hydrogen-bond acceptors (Lipinski definition) is 4. The highest BCUT2D eigenvalue weighted by molar-refractivity contribution is 5.92. The molecule has 0 bridgehead atoms. The van der Waals surface area contributed by atoms with Gasteiger partial charge in [0.05, 0.1) is 31.1 Å². The van der Waals surface area contributed by atoms with Gasteiger partial charge >= 0.3 is 6.09 Å². The number of halogens is 1. The van der Waals surface area contributed by atoms with E-state index in [-0.39, 0.29) is 12.1 Å². The number of fused-ring (bicyclic) bond motifs is 1.